The number of likely N-dealkylation sites (tertiary alicyclic amines) is 1. The lowest BCUT2D eigenvalue weighted by molar-refractivity contribution is -0.143. The van der Waals surface area contributed by atoms with Gasteiger partial charge in [0, 0.05) is 51.5 Å². The molecule has 13 heteroatoms. The summed E-state index contributed by atoms with van der Waals surface area (Å²) in [6, 6.07) is 7.28. The number of piperidine rings is 1. The molecule has 5 rings (SSSR count). The Morgan fingerprint density at radius 1 is 1.03 bits per heavy atom. The summed E-state index contributed by atoms with van der Waals surface area (Å²) in [5, 5.41) is 12.5. The highest BCUT2D eigenvalue weighted by Crippen LogP contribution is 2.46. The number of carboxylic acid groups (broad SMARTS) is 1. The Morgan fingerprint density at radius 3 is 2.15 bits per heavy atom. The average molecular weight is 539 g/mol. The molecule has 2 saturated heterocycles. The third-order valence-electron chi connectivity index (χ3n) is 7.82. The Bertz CT molecular complexity index is 1320. The molecule has 3 fully saturated rings. The van der Waals surface area contributed by atoms with Crippen molar-refractivity contribution in [2.45, 2.75) is 31.5 Å². The second-order valence-corrected chi connectivity index (χ2v) is 11.1. The maximum absolute atomic E-state index is 12.7. The highest BCUT2D eigenvalue weighted by atomic mass is 16.4. The number of urea groups is 1. The van der Waals surface area contributed by atoms with Crippen molar-refractivity contribution in [3.05, 3.63) is 52.6 Å². The van der Waals surface area contributed by atoms with Gasteiger partial charge in [-0.25, -0.2) is 9.59 Å². The second-order valence-electron chi connectivity index (χ2n) is 11.1. The molecule has 4 atom stereocenters. The number of hydrogen-bond donors (Lipinski definition) is 4. The van der Waals surface area contributed by atoms with Gasteiger partial charge in [0.1, 0.15) is 11.9 Å². The number of anilines is 1. The minimum absolute atomic E-state index is 0.108. The third-order valence-corrected chi connectivity index (χ3v) is 7.82. The van der Waals surface area contributed by atoms with E-state index in [4.69, 9.17) is 11.5 Å². The van der Waals surface area contributed by atoms with E-state index >= 15 is 0 Å². The second kappa shape index (κ2) is 10.1. The van der Waals surface area contributed by atoms with Gasteiger partial charge in [0.25, 0.3) is 0 Å². The summed E-state index contributed by atoms with van der Waals surface area (Å²) in [6.45, 7) is 6.04. The SMILES string of the molecule is CC(C)(N)C(=O)N1CCN(C(=O)Nc2ccn(-c3ccc(C(C(=O)O)N4C[C@@H]5C(N)[C@@H]5C4)cc3)c(=O)n2)CC1. The molecule has 1 aromatic carbocycles. The van der Waals surface area contributed by atoms with Gasteiger partial charge < -0.3 is 26.4 Å². The summed E-state index contributed by atoms with van der Waals surface area (Å²) in [5.41, 5.74) is 11.5. The maximum Gasteiger partial charge on any atom is 0.354 e. The lowest BCUT2D eigenvalue weighted by atomic mass is 10.0. The summed E-state index contributed by atoms with van der Waals surface area (Å²) in [7, 11) is 0. The number of nitrogens with one attached hydrogen (secondary N) is 1. The molecule has 208 valence electrons. The Kier molecular flexibility index (Phi) is 6.91. The van der Waals surface area contributed by atoms with E-state index in [1.54, 1.807) is 47.9 Å². The molecule has 1 aromatic heterocycles. The molecule has 0 bridgehead atoms. The zero-order chi connectivity index (χ0) is 28.1. The molecule has 1 saturated carbocycles. The summed E-state index contributed by atoms with van der Waals surface area (Å²) >= 11 is 0. The first kappa shape index (κ1) is 26.8. The molecule has 2 aliphatic heterocycles. The first-order valence-electron chi connectivity index (χ1n) is 13.0. The van der Waals surface area contributed by atoms with Crippen molar-refractivity contribution < 1.29 is 19.5 Å². The fourth-order valence-corrected chi connectivity index (χ4v) is 5.52. The molecule has 3 aliphatic rings. The van der Waals surface area contributed by atoms with Crippen molar-refractivity contribution in [1.82, 2.24) is 24.3 Å². The zero-order valence-corrected chi connectivity index (χ0v) is 22.0. The smallest absolute Gasteiger partial charge is 0.354 e. The Labute approximate surface area is 225 Å². The van der Waals surface area contributed by atoms with Crippen LogP contribution < -0.4 is 22.5 Å². The van der Waals surface area contributed by atoms with Gasteiger partial charge in [0.05, 0.1) is 11.2 Å². The molecule has 3 heterocycles. The molecular formula is C26H34N8O5. The van der Waals surface area contributed by atoms with Gasteiger partial charge in [-0.15, -0.1) is 0 Å². The number of carboxylic acids is 1. The minimum atomic E-state index is -0.973. The number of piperazine rings is 1. The average Bonchev–Trinajstić information content (AvgIpc) is 3.27. The lowest BCUT2D eigenvalue weighted by Gasteiger charge is -2.37. The number of hydrogen-bond acceptors (Lipinski definition) is 8. The van der Waals surface area contributed by atoms with Gasteiger partial charge in [-0.2, -0.15) is 4.98 Å². The van der Waals surface area contributed by atoms with E-state index in [0.29, 0.717) is 62.4 Å². The molecule has 1 aliphatic carbocycles. The van der Waals surface area contributed by atoms with E-state index in [0.717, 1.165) is 0 Å². The van der Waals surface area contributed by atoms with E-state index in [2.05, 4.69) is 10.3 Å². The van der Waals surface area contributed by atoms with E-state index < -0.39 is 29.3 Å². The van der Waals surface area contributed by atoms with Crippen LogP contribution in [-0.4, -0.2) is 98.1 Å². The van der Waals surface area contributed by atoms with Crippen molar-refractivity contribution in [2.24, 2.45) is 23.3 Å². The van der Waals surface area contributed by atoms with Gasteiger partial charge in [-0.3, -0.25) is 24.4 Å². The number of aromatic nitrogens is 2. The fraction of sp³-hybridized carbons (Fsp3) is 0.500. The largest absolute Gasteiger partial charge is 0.480 e. The summed E-state index contributed by atoms with van der Waals surface area (Å²) in [5.74, 6) is -0.250. The molecular weight excluding hydrogens is 504 g/mol. The summed E-state index contributed by atoms with van der Waals surface area (Å²) in [6.07, 6.45) is 1.50. The number of aliphatic carboxylic acids is 1. The first-order valence-corrected chi connectivity index (χ1v) is 13.0. The van der Waals surface area contributed by atoms with E-state index in [1.807, 2.05) is 4.90 Å². The summed E-state index contributed by atoms with van der Waals surface area (Å²) in [4.78, 5) is 58.9. The lowest BCUT2D eigenvalue weighted by Crippen LogP contribution is -2.58. The normalized spacial score (nSPS) is 23.7. The standard InChI is InChI=1S/C26H34N8O5/c1-26(2,28)23(37)31-9-11-32(12-10-31)24(38)29-19-7-8-34(25(39)30-19)16-5-3-15(4-6-16)21(22(35)36)33-13-17-18(14-33)20(17)27/h3-8,17-18,20-21H,9-14,27-28H2,1-2H3,(H,35,36)(H,29,30,38,39)/t17-,18+,20?,21?. The van der Waals surface area contributed by atoms with Crippen LogP contribution in [0.15, 0.2) is 41.3 Å². The monoisotopic (exact) mass is 538 g/mol. The molecule has 3 amide bonds. The number of rotatable bonds is 6. The number of benzene rings is 1. The number of carbonyl (C=O) groups is 3. The Morgan fingerprint density at radius 2 is 1.62 bits per heavy atom. The number of amides is 3. The molecule has 39 heavy (non-hydrogen) atoms. The Hall–Kier alpha value is -3.81. The minimum Gasteiger partial charge on any atom is -0.480 e. The topological polar surface area (TPSA) is 180 Å². The van der Waals surface area contributed by atoms with E-state index in [1.165, 1.54) is 16.8 Å². The molecule has 6 N–H and O–H groups in total. The van der Waals surface area contributed by atoms with Crippen LogP contribution in [0.4, 0.5) is 10.6 Å². The fourth-order valence-electron chi connectivity index (χ4n) is 5.52. The molecule has 2 unspecified atom stereocenters. The van der Waals surface area contributed by atoms with Crippen LogP contribution in [0.3, 0.4) is 0 Å². The number of carbonyl (C=O) groups excluding carboxylic acids is 2. The van der Waals surface area contributed by atoms with Crippen LogP contribution >= 0.6 is 0 Å². The van der Waals surface area contributed by atoms with Crippen LogP contribution in [-0.2, 0) is 9.59 Å². The van der Waals surface area contributed by atoms with Crippen LogP contribution in [0, 0.1) is 11.8 Å². The van der Waals surface area contributed by atoms with E-state index in [-0.39, 0.29) is 17.8 Å². The van der Waals surface area contributed by atoms with E-state index in [9.17, 15) is 24.3 Å². The number of nitrogens with zero attached hydrogens (tertiary/aromatic N) is 5. The highest BCUT2D eigenvalue weighted by molar-refractivity contribution is 5.89. The predicted octanol–water partition coefficient (Wildman–Crippen LogP) is -0.339. The van der Waals surface area contributed by atoms with Crippen LogP contribution in [0.5, 0.6) is 0 Å². The van der Waals surface area contributed by atoms with Gasteiger partial charge >= 0.3 is 17.7 Å². The molecule has 0 spiro atoms. The Balaban J connectivity index is 1.21. The number of nitrogens with two attached hydrogens (primary N) is 2. The van der Waals surface area contributed by atoms with Crippen molar-refractivity contribution in [3.8, 4) is 5.69 Å². The van der Waals surface area contributed by atoms with Crippen molar-refractivity contribution in [2.75, 3.05) is 44.6 Å². The number of fused-ring (bicyclic) bond motifs is 1. The van der Waals surface area contributed by atoms with Crippen molar-refractivity contribution in [1.29, 1.82) is 0 Å². The van der Waals surface area contributed by atoms with Crippen LogP contribution in [0.1, 0.15) is 25.5 Å². The zero-order valence-electron chi connectivity index (χ0n) is 22.0. The molecule has 2 aromatic rings. The summed E-state index contributed by atoms with van der Waals surface area (Å²) < 4.78 is 1.32. The van der Waals surface area contributed by atoms with Gasteiger partial charge in [-0.1, -0.05) is 12.1 Å². The quantitative estimate of drug-likeness (QED) is 0.383. The molecule has 13 nitrogen and oxygen atoms in total. The van der Waals surface area contributed by atoms with Gasteiger partial charge in [0.15, 0.2) is 0 Å². The van der Waals surface area contributed by atoms with Crippen LogP contribution in [0.2, 0.25) is 0 Å². The maximum atomic E-state index is 12.7. The molecule has 0 radical (unpaired) electrons. The highest BCUT2D eigenvalue weighted by Gasteiger charge is 2.55. The third kappa shape index (κ3) is 5.37. The first-order chi connectivity index (χ1) is 18.4. The van der Waals surface area contributed by atoms with Gasteiger partial charge in [-0.05, 0) is 49.4 Å². The van der Waals surface area contributed by atoms with Crippen molar-refractivity contribution in [3.63, 3.8) is 0 Å². The predicted molar refractivity (Wildman–Crippen MR) is 142 cm³/mol. The van der Waals surface area contributed by atoms with Crippen molar-refractivity contribution >= 4 is 23.7 Å². The van der Waals surface area contributed by atoms with Crippen LogP contribution in [0.25, 0.3) is 5.69 Å². The van der Waals surface area contributed by atoms with Gasteiger partial charge in [0.2, 0.25) is 5.91 Å².